The lowest BCUT2D eigenvalue weighted by molar-refractivity contribution is 0.169. The van der Waals surface area contributed by atoms with Gasteiger partial charge in [-0.2, -0.15) is 0 Å². The predicted molar refractivity (Wildman–Crippen MR) is 77.7 cm³/mol. The van der Waals surface area contributed by atoms with Crippen molar-refractivity contribution in [3.8, 4) is 0 Å². The second kappa shape index (κ2) is 6.02. The fourth-order valence-corrected chi connectivity index (χ4v) is 2.80. The van der Waals surface area contributed by atoms with Gasteiger partial charge < -0.3 is 5.32 Å². The zero-order valence-electron chi connectivity index (χ0n) is 12.2. The minimum absolute atomic E-state index is 0.143. The van der Waals surface area contributed by atoms with Gasteiger partial charge >= 0.3 is 0 Å². The van der Waals surface area contributed by atoms with E-state index in [0.29, 0.717) is 0 Å². The molecule has 1 aliphatic heterocycles. The highest BCUT2D eigenvalue weighted by molar-refractivity contribution is 5.20. The zero-order valence-corrected chi connectivity index (χ0v) is 12.2. The van der Waals surface area contributed by atoms with Crippen LogP contribution in [-0.2, 0) is 0 Å². The monoisotopic (exact) mass is 264 g/mol. The van der Waals surface area contributed by atoms with Gasteiger partial charge in [-0.1, -0.05) is 19.1 Å². The molecule has 1 saturated heterocycles. The Morgan fingerprint density at radius 1 is 1.47 bits per heavy atom. The standard InChI is InChI=1S/C16H25FN2/c1-4-16(3)12-19(10-6-9-18-16)13(2)14-7-5-8-15(17)11-14/h5,7-8,11,13,18H,4,6,9-10,12H2,1-3H3. The van der Waals surface area contributed by atoms with Gasteiger partial charge in [-0.3, -0.25) is 4.90 Å². The molecule has 0 aromatic heterocycles. The first-order chi connectivity index (χ1) is 9.04. The van der Waals surface area contributed by atoms with Gasteiger partial charge in [-0.15, -0.1) is 0 Å². The van der Waals surface area contributed by atoms with Crippen LogP contribution in [0.2, 0.25) is 0 Å². The van der Waals surface area contributed by atoms with Gasteiger partial charge in [0.15, 0.2) is 0 Å². The van der Waals surface area contributed by atoms with E-state index in [-0.39, 0.29) is 17.4 Å². The lowest BCUT2D eigenvalue weighted by atomic mass is 9.97. The van der Waals surface area contributed by atoms with Gasteiger partial charge in [0.1, 0.15) is 5.82 Å². The number of rotatable bonds is 3. The molecular formula is C16H25FN2. The van der Waals surface area contributed by atoms with E-state index in [0.717, 1.165) is 38.0 Å². The molecule has 0 amide bonds. The van der Waals surface area contributed by atoms with E-state index >= 15 is 0 Å². The smallest absolute Gasteiger partial charge is 0.123 e. The number of nitrogens with zero attached hydrogens (tertiary/aromatic N) is 1. The summed E-state index contributed by atoms with van der Waals surface area (Å²) in [5.41, 5.74) is 1.23. The second-order valence-electron chi connectivity index (χ2n) is 5.90. The van der Waals surface area contributed by atoms with Crippen molar-refractivity contribution in [2.75, 3.05) is 19.6 Å². The van der Waals surface area contributed by atoms with E-state index in [1.165, 1.54) is 6.07 Å². The molecular weight excluding hydrogens is 239 g/mol. The first-order valence-corrected chi connectivity index (χ1v) is 7.28. The van der Waals surface area contributed by atoms with E-state index in [1.807, 2.05) is 6.07 Å². The van der Waals surface area contributed by atoms with Crippen LogP contribution in [0.15, 0.2) is 24.3 Å². The van der Waals surface area contributed by atoms with Crippen molar-refractivity contribution >= 4 is 0 Å². The number of hydrogen-bond acceptors (Lipinski definition) is 2. The van der Waals surface area contributed by atoms with Crippen molar-refractivity contribution in [2.24, 2.45) is 0 Å². The van der Waals surface area contributed by atoms with Gasteiger partial charge in [0, 0.05) is 24.7 Å². The molecule has 1 aliphatic rings. The summed E-state index contributed by atoms with van der Waals surface area (Å²) in [7, 11) is 0. The van der Waals surface area contributed by atoms with Crippen LogP contribution >= 0.6 is 0 Å². The van der Waals surface area contributed by atoms with Gasteiger partial charge in [0.25, 0.3) is 0 Å². The third kappa shape index (κ3) is 3.54. The minimum atomic E-state index is -0.143. The third-order valence-electron chi connectivity index (χ3n) is 4.39. The van der Waals surface area contributed by atoms with Crippen LogP contribution in [0.4, 0.5) is 4.39 Å². The molecule has 0 spiro atoms. The molecule has 0 radical (unpaired) electrons. The molecule has 0 aliphatic carbocycles. The Morgan fingerprint density at radius 3 is 2.95 bits per heavy atom. The third-order valence-corrected chi connectivity index (χ3v) is 4.39. The SMILES string of the molecule is CCC1(C)CN(C(C)c2cccc(F)c2)CCCN1. The number of halogens is 1. The van der Waals surface area contributed by atoms with E-state index in [9.17, 15) is 4.39 Å². The van der Waals surface area contributed by atoms with Crippen LogP contribution in [-0.4, -0.2) is 30.1 Å². The molecule has 3 heteroatoms. The van der Waals surface area contributed by atoms with E-state index in [1.54, 1.807) is 12.1 Å². The summed E-state index contributed by atoms with van der Waals surface area (Å²) in [5, 5.41) is 3.64. The molecule has 2 rings (SSSR count). The maximum Gasteiger partial charge on any atom is 0.123 e. The Hall–Kier alpha value is -0.930. The maximum atomic E-state index is 13.4. The summed E-state index contributed by atoms with van der Waals surface area (Å²) >= 11 is 0. The first-order valence-electron chi connectivity index (χ1n) is 7.28. The number of benzene rings is 1. The number of nitrogens with one attached hydrogen (secondary N) is 1. The Labute approximate surface area is 116 Å². The Morgan fingerprint density at radius 2 is 2.26 bits per heavy atom. The summed E-state index contributed by atoms with van der Waals surface area (Å²) in [4.78, 5) is 2.47. The number of hydrogen-bond donors (Lipinski definition) is 1. The van der Waals surface area contributed by atoms with Gasteiger partial charge in [0.2, 0.25) is 0 Å². The largest absolute Gasteiger partial charge is 0.310 e. The van der Waals surface area contributed by atoms with Gasteiger partial charge in [-0.05, 0) is 50.9 Å². The molecule has 1 aromatic carbocycles. The highest BCUT2D eigenvalue weighted by atomic mass is 19.1. The van der Waals surface area contributed by atoms with Crippen molar-refractivity contribution in [1.29, 1.82) is 0 Å². The first kappa shape index (κ1) is 14.5. The van der Waals surface area contributed by atoms with Crippen LogP contribution in [0.1, 0.15) is 45.2 Å². The average Bonchev–Trinajstić information content (AvgIpc) is 2.61. The van der Waals surface area contributed by atoms with Crippen molar-refractivity contribution in [3.05, 3.63) is 35.6 Å². The molecule has 0 saturated carbocycles. The molecule has 106 valence electrons. The Balaban J connectivity index is 2.15. The topological polar surface area (TPSA) is 15.3 Å². The summed E-state index contributed by atoms with van der Waals surface area (Å²) < 4.78 is 13.4. The maximum absolute atomic E-state index is 13.4. The van der Waals surface area contributed by atoms with Crippen molar-refractivity contribution in [3.63, 3.8) is 0 Å². The summed E-state index contributed by atoms with van der Waals surface area (Å²) in [6.45, 7) is 9.83. The Kier molecular flexibility index (Phi) is 4.58. The molecule has 1 heterocycles. The highest BCUT2D eigenvalue weighted by Gasteiger charge is 2.29. The molecule has 2 unspecified atom stereocenters. The lowest BCUT2D eigenvalue weighted by Crippen LogP contribution is -2.48. The fraction of sp³-hybridized carbons (Fsp3) is 0.625. The molecule has 19 heavy (non-hydrogen) atoms. The van der Waals surface area contributed by atoms with Gasteiger partial charge in [-0.25, -0.2) is 4.39 Å². The molecule has 1 N–H and O–H groups in total. The van der Waals surface area contributed by atoms with E-state index in [4.69, 9.17) is 0 Å². The van der Waals surface area contributed by atoms with Crippen molar-refractivity contribution in [2.45, 2.75) is 45.2 Å². The summed E-state index contributed by atoms with van der Waals surface area (Å²) in [6.07, 6.45) is 2.26. The molecule has 1 aromatic rings. The Bertz CT molecular complexity index is 421. The molecule has 2 nitrogen and oxygen atoms in total. The van der Waals surface area contributed by atoms with Crippen LogP contribution in [0, 0.1) is 5.82 Å². The second-order valence-corrected chi connectivity index (χ2v) is 5.90. The zero-order chi connectivity index (χ0) is 13.9. The fourth-order valence-electron chi connectivity index (χ4n) is 2.80. The summed E-state index contributed by atoms with van der Waals surface area (Å²) in [5.74, 6) is -0.143. The van der Waals surface area contributed by atoms with Gasteiger partial charge in [0.05, 0.1) is 0 Å². The lowest BCUT2D eigenvalue weighted by Gasteiger charge is -2.36. The van der Waals surface area contributed by atoms with Crippen LogP contribution in [0.25, 0.3) is 0 Å². The van der Waals surface area contributed by atoms with Crippen LogP contribution < -0.4 is 5.32 Å². The average molecular weight is 264 g/mol. The highest BCUT2D eigenvalue weighted by Crippen LogP contribution is 2.25. The summed E-state index contributed by atoms with van der Waals surface area (Å²) in [6, 6.07) is 7.26. The molecule has 2 atom stereocenters. The van der Waals surface area contributed by atoms with Crippen molar-refractivity contribution in [1.82, 2.24) is 10.2 Å². The van der Waals surface area contributed by atoms with Crippen LogP contribution in [0.3, 0.4) is 0 Å². The quantitative estimate of drug-likeness (QED) is 0.900. The van der Waals surface area contributed by atoms with E-state index < -0.39 is 0 Å². The predicted octanol–water partition coefficient (Wildman–Crippen LogP) is 3.35. The van der Waals surface area contributed by atoms with Crippen molar-refractivity contribution < 1.29 is 4.39 Å². The normalized spacial score (nSPS) is 26.9. The molecule has 1 fully saturated rings. The van der Waals surface area contributed by atoms with Crippen LogP contribution in [0.5, 0.6) is 0 Å². The molecule has 0 bridgehead atoms. The van der Waals surface area contributed by atoms with E-state index in [2.05, 4.69) is 31.0 Å². The minimum Gasteiger partial charge on any atom is -0.310 e.